The van der Waals surface area contributed by atoms with Crippen molar-refractivity contribution in [3.8, 4) is 5.75 Å². The van der Waals surface area contributed by atoms with Crippen LogP contribution < -0.4 is 0 Å². The van der Waals surface area contributed by atoms with Gasteiger partial charge < -0.3 is 14.6 Å². The second-order valence-corrected chi connectivity index (χ2v) is 8.14. The van der Waals surface area contributed by atoms with Gasteiger partial charge in [0, 0.05) is 22.6 Å². The number of fused-ring (bicyclic) bond motifs is 1. The van der Waals surface area contributed by atoms with Crippen molar-refractivity contribution in [2.45, 2.75) is 37.9 Å². The predicted octanol–water partition coefficient (Wildman–Crippen LogP) is 2.47. The number of Topliss-reactive ketones (excluding diaryl/α,β-unsaturated/α-hetero) is 2. The van der Waals surface area contributed by atoms with Gasteiger partial charge in [-0.15, -0.1) is 0 Å². The summed E-state index contributed by atoms with van der Waals surface area (Å²) in [5.41, 5.74) is -2.48. The highest BCUT2D eigenvalue weighted by Gasteiger charge is 2.76. The molecule has 2 aliphatic heterocycles. The molecule has 0 aromatic heterocycles. The smallest absolute Gasteiger partial charge is 0.201 e. The highest BCUT2D eigenvalue weighted by molar-refractivity contribution is 6.28. The SMILES string of the molecule is C[C@]1(C=O)C2CC[C@]3(C)O[C@@]14C(=O)c1ccc(O)cc1C(=O)C4=CC23. The number of carbonyl (C=O) groups is 3. The molecule has 25 heavy (non-hydrogen) atoms. The fourth-order valence-corrected chi connectivity index (χ4v) is 5.73. The molecule has 0 radical (unpaired) electrons. The third kappa shape index (κ3) is 1.36. The summed E-state index contributed by atoms with van der Waals surface area (Å²) in [6.07, 6.45) is 4.26. The van der Waals surface area contributed by atoms with Crippen LogP contribution in [0.25, 0.3) is 0 Å². The summed E-state index contributed by atoms with van der Waals surface area (Å²) in [5, 5.41) is 9.73. The molecule has 1 aromatic rings. The zero-order chi connectivity index (χ0) is 17.8. The molecule has 5 nitrogen and oxygen atoms in total. The van der Waals surface area contributed by atoms with Crippen LogP contribution in [0.5, 0.6) is 5.75 Å². The van der Waals surface area contributed by atoms with Crippen LogP contribution in [0.3, 0.4) is 0 Å². The zero-order valence-electron chi connectivity index (χ0n) is 14.0. The fourth-order valence-electron chi connectivity index (χ4n) is 5.73. The number of aromatic hydroxyl groups is 1. The third-order valence-electron chi connectivity index (χ3n) is 7.03. The lowest BCUT2D eigenvalue weighted by Crippen LogP contribution is -2.72. The van der Waals surface area contributed by atoms with E-state index in [0.717, 1.165) is 19.1 Å². The molecule has 1 N–H and O–H groups in total. The van der Waals surface area contributed by atoms with Gasteiger partial charge in [0.05, 0.1) is 11.0 Å². The third-order valence-corrected chi connectivity index (χ3v) is 7.03. The molecule has 5 heteroatoms. The number of carbonyl (C=O) groups excluding carboxylic acids is 3. The molecular weight excluding hydrogens is 320 g/mol. The summed E-state index contributed by atoms with van der Waals surface area (Å²) in [4.78, 5) is 38.9. The number of ketones is 2. The molecule has 2 unspecified atom stereocenters. The van der Waals surface area contributed by atoms with Crippen molar-refractivity contribution in [2.24, 2.45) is 17.3 Å². The molecule has 3 aliphatic carbocycles. The van der Waals surface area contributed by atoms with E-state index in [2.05, 4.69) is 0 Å². The molecule has 0 amide bonds. The topological polar surface area (TPSA) is 80.7 Å². The fraction of sp³-hybridized carbons (Fsp3) is 0.450. The van der Waals surface area contributed by atoms with Gasteiger partial charge in [-0.1, -0.05) is 6.08 Å². The van der Waals surface area contributed by atoms with E-state index < -0.39 is 16.6 Å². The number of phenolic OH excluding ortho intramolecular Hbond substituents is 1. The largest absolute Gasteiger partial charge is 0.508 e. The molecular formula is C20H18O5. The highest BCUT2D eigenvalue weighted by atomic mass is 16.5. The van der Waals surface area contributed by atoms with Gasteiger partial charge in [-0.05, 0) is 50.8 Å². The van der Waals surface area contributed by atoms with Crippen LogP contribution in [0.1, 0.15) is 47.4 Å². The molecule has 128 valence electrons. The summed E-state index contributed by atoms with van der Waals surface area (Å²) in [5.74, 6) is -0.813. The number of phenols is 1. The van der Waals surface area contributed by atoms with Crippen LogP contribution in [0.4, 0.5) is 0 Å². The van der Waals surface area contributed by atoms with Gasteiger partial charge in [-0.25, -0.2) is 0 Å². The Morgan fingerprint density at radius 1 is 1.24 bits per heavy atom. The van der Waals surface area contributed by atoms with Crippen molar-refractivity contribution in [3.05, 3.63) is 41.0 Å². The molecule has 2 heterocycles. The average molecular weight is 338 g/mol. The van der Waals surface area contributed by atoms with Crippen LogP contribution in [0.2, 0.25) is 0 Å². The Labute approximate surface area is 144 Å². The van der Waals surface area contributed by atoms with Crippen molar-refractivity contribution in [1.82, 2.24) is 0 Å². The van der Waals surface area contributed by atoms with E-state index in [1.54, 1.807) is 6.92 Å². The molecule has 6 rings (SSSR count). The normalized spacial score (nSPS) is 43.5. The minimum atomic E-state index is -1.56. The van der Waals surface area contributed by atoms with Gasteiger partial charge in [0.2, 0.25) is 5.78 Å². The van der Waals surface area contributed by atoms with E-state index in [4.69, 9.17) is 4.74 Å². The summed E-state index contributed by atoms with van der Waals surface area (Å²) in [7, 11) is 0. The Balaban J connectivity index is 1.87. The summed E-state index contributed by atoms with van der Waals surface area (Å²) in [6.45, 7) is 3.73. The first-order chi connectivity index (χ1) is 11.8. The lowest BCUT2D eigenvalue weighted by Gasteiger charge is -2.61. The van der Waals surface area contributed by atoms with Gasteiger partial charge in [-0.2, -0.15) is 0 Å². The molecule has 5 atom stereocenters. The lowest BCUT2D eigenvalue weighted by atomic mass is 9.49. The predicted molar refractivity (Wildman–Crippen MR) is 87.5 cm³/mol. The number of hydrogen-bond donors (Lipinski definition) is 1. The van der Waals surface area contributed by atoms with Crippen molar-refractivity contribution in [1.29, 1.82) is 0 Å². The van der Waals surface area contributed by atoms with Crippen molar-refractivity contribution in [2.75, 3.05) is 0 Å². The van der Waals surface area contributed by atoms with Crippen molar-refractivity contribution >= 4 is 17.9 Å². The number of benzene rings is 1. The number of hydrogen-bond acceptors (Lipinski definition) is 5. The van der Waals surface area contributed by atoms with Gasteiger partial charge >= 0.3 is 0 Å². The zero-order valence-corrected chi connectivity index (χ0v) is 14.0. The van der Waals surface area contributed by atoms with Gasteiger partial charge in [0.25, 0.3) is 0 Å². The minimum Gasteiger partial charge on any atom is -0.508 e. The Hall–Kier alpha value is -2.27. The Morgan fingerprint density at radius 3 is 2.72 bits per heavy atom. The van der Waals surface area contributed by atoms with Crippen LogP contribution in [0, 0.1) is 17.3 Å². The number of aldehydes is 1. The average Bonchev–Trinajstić information content (AvgIpc) is 2.89. The maximum Gasteiger partial charge on any atom is 0.201 e. The minimum absolute atomic E-state index is 0.0112. The van der Waals surface area contributed by atoms with Crippen LogP contribution >= 0.6 is 0 Å². The van der Waals surface area contributed by atoms with E-state index in [1.807, 2.05) is 13.0 Å². The number of rotatable bonds is 1. The molecule has 1 saturated carbocycles. The maximum absolute atomic E-state index is 13.6. The van der Waals surface area contributed by atoms with Gasteiger partial charge in [0.1, 0.15) is 12.0 Å². The second kappa shape index (κ2) is 4.10. The molecule has 4 bridgehead atoms. The summed E-state index contributed by atoms with van der Waals surface area (Å²) >= 11 is 0. The monoisotopic (exact) mass is 338 g/mol. The Kier molecular flexibility index (Phi) is 2.46. The molecule has 2 fully saturated rings. The number of ether oxygens (including phenoxy) is 1. The van der Waals surface area contributed by atoms with Gasteiger partial charge in [-0.3, -0.25) is 9.59 Å². The van der Waals surface area contributed by atoms with Crippen LogP contribution in [-0.4, -0.2) is 34.2 Å². The van der Waals surface area contributed by atoms with E-state index >= 15 is 0 Å². The first-order valence-corrected chi connectivity index (χ1v) is 8.60. The van der Waals surface area contributed by atoms with E-state index in [-0.39, 0.29) is 45.9 Å². The molecule has 5 aliphatic rings. The maximum atomic E-state index is 13.6. The van der Waals surface area contributed by atoms with Crippen molar-refractivity contribution in [3.63, 3.8) is 0 Å². The molecule has 1 saturated heterocycles. The standard InChI is InChI=1S/C20H18O5/c1-18(9-21)13-5-6-19(2)14(13)8-15-16(23)12-7-10(22)3-4-11(12)17(24)20(15,18)25-19/h3-4,7-9,13-14,22H,5-6H2,1-2H3/t13?,14?,18-,19-,20-/m0/s1. The van der Waals surface area contributed by atoms with Crippen LogP contribution in [-0.2, 0) is 9.53 Å². The molecule has 1 aromatic carbocycles. The lowest BCUT2D eigenvalue weighted by molar-refractivity contribution is -0.219. The quantitative estimate of drug-likeness (QED) is 0.796. The molecule has 1 spiro atoms. The van der Waals surface area contributed by atoms with E-state index in [9.17, 15) is 19.5 Å². The van der Waals surface area contributed by atoms with Crippen molar-refractivity contribution < 1.29 is 24.2 Å². The first-order valence-electron chi connectivity index (χ1n) is 8.60. The Morgan fingerprint density at radius 2 is 2.00 bits per heavy atom. The first kappa shape index (κ1) is 15.0. The highest BCUT2D eigenvalue weighted by Crippen LogP contribution is 2.68. The summed E-state index contributed by atoms with van der Waals surface area (Å²) in [6, 6.07) is 4.16. The van der Waals surface area contributed by atoms with E-state index in [0.29, 0.717) is 0 Å². The second-order valence-electron chi connectivity index (χ2n) is 8.14. The Bertz CT molecular complexity index is 915. The van der Waals surface area contributed by atoms with E-state index in [1.165, 1.54) is 18.2 Å². The van der Waals surface area contributed by atoms with Crippen LogP contribution in [0.15, 0.2) is 29.8 Å². The van der Waals surface area contributed by atoms with Gasteiger partial charge in [0.15, 0.2) is 11.4 Å². The summed E-state index contributed by atoms with van der Waals surface area (Å²) < 4.78 is 6.40.